The minimum atomic E-state index is -0.0543. The Morgan fingerprint density at radius 1 is 1.42 bits per heavy atom. The van der Waals surface area contributed by atoms with Crippen LogP contribution in [0.25, 0.3) is 5.78 Å². The smallest absolute Gasteiger partial charge is 0.252 e. The van der Waals surface area contributed by atoms with Crippen molar-refractivity contribution < 1.29 is 4.79 Å². The van der Waals surface area contributed by atoms with E-state index in [1.165, 1.54) is 19.2 Å². The van der Waals surface area contributed by atoms with Crippen molar-refractivity contribution in [1.29, 1.82) is 0 Å². The van der Waals surface area contributed by atoms with E-state index in [4.69, 9.17) is 0 Å². The number of fused-ring (bicyclic) bond motifs is 1. The number of nitrogens with one attached hydrogen (secondary N) is 2. The number of aryl methyl sites for hydroxylation is 2. The molecule has 1 amide bonds. The monoisotopic (exact) mass is 325 g/mol. The first-order valence-electron chi connectivity index (χ1n) is 8.13. The average molecular weight is 325 g/mol. The second-order valence-electron chi connectivity index (χ2n) is 6.26. The number of anilines is 1. The minimum absolute atomic E-state index is 0.0543. The van der Waals surface area contributed by atoms with Crippen molar-refractivity contribution in [2.45, 2.75) is 45.4 Å². The number of amides is 1. The number of nitrogens with zero attached hydrogens (tertiary/aromatic N) is 5. The van der Waals surface area contributed by atoms with Gasteiger partial charge in [-0.3, -0.25) is 9.89 Å². The fraction of sp³-hybridized carbons (Fsp3) is 0.438. The molecule has 0 aromatic carbocycles. The minimum Gasteiger partial charge on any atom is -0.309 e. The van der Waals surface area contributed by atoms with Gasteiger partial charge in [-0.25, -0.2) is 9.50 Å². The van der Waals surface area contributed by atoms with Crippen LogP contribution in [0.15, 0.2) is 12.4 Å². The molecule has 3 aromatic heterocycles. The van der Waals surface area contributed by atoms with Gasteiger partial charge in [-0.05, 0) is 38.7 Å². The molecule has 0 atom stereocenters. The molecule has 3 heterocycles. The normalized spacial score (nSPS) is 14.2. The molecule has 1 aliphatic carbocycles. The third-order valence-electron chi connectivity index (χ3n) is 4.47. The number of hydrogen-bond acceptors (Lipinski definition) is 5. The molecule has 0 bridgehead atoms. The van der Waals surface area contributed by atoms with Gasteiger partial charge in [0.15, 0.2) is 5.82 Å². The summed E-state index contributed by atoms with van der Waals surface area (Å²) in [6.45, 7) is 3.91. The zero-order valence-corrected chi connectivity index (χ0v) is 13.7. The van der Waals surface area contributed by atoms with Gasteiger partial charge in [0.25, 0.3) is 5.78 Å². The molecule has 3 aromatic rings. The van der Waals surface area contributed by atoms with Gasteiger partial charge in [0.1, 0.15) is 6.33 Å². The standard InChI is InChI=1S/C16H19N7O/c1-9-12(10(2)23-16(19-9)17-8-18-23)5-6-15(24)20-14-7-13(21-22-14)11-3-4-11/h7-8,11H,3-6H2,1-2H3,(H2,20,21,22,24). The van der Waals surface area contributed by atoms with E-state index in [9.17, 15) is 4.79 Å². The van der Waals surface area contributed by atoms with Gasteiger partial charge in [0.2, 0.25) is 5.91 Å². The molecular formula is C16H19N7O. The Hall–Kier alpha value is -2.77. The predicted molar refractivity (Wildman–Crippen MR) is 87.8 cm³/mol. The van der Waals surface area contributed by atoms with E-state index in [0.29, 0.717) is 30.4 Å². The molecule has 0 unspecified atom stereocenters. The highest BCUT2D eigenvalue weighted by Gasteiger charge is 2.25. The number of aromatic nitrogens is 6. The van der Waals surface area contributed by atoms with Crippen LogP contribution in [-0.4, -0.2) is 35.7 Å². The molecule has 8 nitrogen and oxygen atoms in total. The van der Waals surface area contributed by atoms with E-state index in [0.717, 1.165) is 22.6 Å². The fourth-order valence-corrected chi connectivity index (χ4v) is 2.97. The Bertz CT molecular complexity index is 906. The Kier molecular flexibility index (Phi) is 3.51. The van der Waals surface area contributed by atoms with E-state index in [2.05, 4.69) is 30.6 Å². The first-order chi connectivity index (χ1) is 11.6. The molecular weight excluding hydrogens is 306 g/mol. The molecule has 0 aliphatic heterocycles. The molecule has 124 valence electrons. The lowest BCUT2D eigenvalue weighted by atomic mass is 10.1. The van der Waals surface area contributed by atoms with Crippen molar-refractivity contribution in [3.05, 3.63) is 35.0 Å². The van der Waals surface area contributed by atoms with Crippen LogP contribution in [-0.2, 0) is 11.2 Å². The van der Waals surface area contributed by atoms with Crippen LogP contribution in [0.5, 0.6) is 0 Å². The summed E-state index contributed by atoms with van der Waals surface area (Å²) in [5.74, 6) is 1.72. The molecule has 8 heteroatoms. The Morgan fingerprint density at radius 2 is 2.25 bits per heavy atom. The number of aromatic amines is 1. The maximum absolute atomic E-state index is 12.2. The lowest BCUT2D eigenvalue weighted by Gasteiger charge is -2.10. The van der Waals surface area contributed by atoms with Crippen LogP contribution in [0.4, 0.5) is 5.82 Å². The number of rotatable bonds is 5. The van der Waals surface area contributed by atoms with E-state index in [1.54, 1.807) is 4.52 Å². The van der Waals surface area contributed by atoms with Crippen LogP contribution < -0.4 is 5.32 Å². The third-order valence-corrected chi connectivity index (χ3v) is 4.47. The third kappa shape index (κ3) is 2.75. The zero-order chi connectivity index (χ0) is 16.7. The molecule has 4 rings (SSSR count). The van der Waals surface area contributed by atoms with Gasteiger partial charge in [-0.1, -0.05) is 0 Å². The van der Waals surface area contributed by atoms with Gasteiger partial charge in [-0.15, -0.1) is 0 Å². The quantitative estimate of drug-likeness (QED) is 0.746. The lowest BCUT2D eigenvalue weighted by Crippen LogP contribution is -2.14. The number of carbonyl (C=O) groups excluding carboxylic acids is 1. The van der Waals surface area contributed by atoms with E-state index >= 15 is 0 Å². The maximum atomic E-state index is 12.2. The van der Waals surface area contributed by atoms with Gasteiger partial charge in [0, 0.05) is 35.5 Å². The summed E-state index contributed by atoms with van der Waals surface area (Å²) in [7, 11) is 0. The van der Waals surface area contributed by atoms with Gasteiger partial charge >= 0.3 is 0 Å². The van der Waals surface area contributed by atoms with Crippen LogP contribution in [0.3, 0.4) is 0 Å². The summed E-state index contributed by atoms with van der Waals surface area (Å²) < 4.78 is 1.70. The number of H-pyrrole nitrogens is 1. The molecule has 1 aliphatic rings. The summed E-state index contributed by atoms with van der Waals surface area (Å²) in [6.07, 6.45) is 4.86. The fourth-order valence-electron chi connectivity index (χ4n) is 2.97. The second kappa shape index (κ2) is 5.70. The number of carbonyl (C=O) groups is 1. The van der Waals surface area contributed by atoms with Crippen molar-refractivity contribution in [3.63, 3.8) is 0 Å². The average Bonchev–Trinajstić information content (AvgIpc) is 3.11. The highest BCUT2D eigenvalue weighted by atomic mass is 16.1. The zero-order valence-electron chi connectivity index (χ0n) is 13.7. The van der Waals surface area contributed by atoms with Gasteiger partial charge < -0.3 is 5.32 Å². The summed E-state index contributed by atoms with van der Waals surface area (Å²) in [4.78, 5) is 20.7. The van der Waals surface area contributed by atoms with Gasteiger partial charge in [0.05, 0.1) is 0 Å². The summed E-state index contributed by atoms with van der Waals surface area (Å²) >= 11 is 0. The van der Waals surface area contributed by atoms with Crippen molar-refractivity contribution >= 4 is 17.5 Å². The highest BCUT2D eigenvalue weighted by Crippen LogP contribution is 2.39. The SMILES string of the molecule is Cc1nc2ncnn2c(C)c1CCC(=O)Nc1cc(C2CC2)[nH]n1. The topological polar surface area (TPSA) is 101 Å². The van der Waals surface area contributed by atoms with Crippen molar-refractivity contribution in [2.75, 3.05) is 5.32 Å². The number of hydrogen-bond donors (Lipinski definition) is 2. The van der Waals surface area contributed by atoms with Crippen molar-refractivity contribution in [1.82, 2.24) is 29.8 Å². The second-order valence-corrected chi connectivity index (χ2v) is 6.26. The molecule has 2 N–H and O–H groups in total. The molecule has 0 spiro atoms. The van der Waals surface area contributed by atoms with Crippen LogP contribution in [0.2, 0.25) is 0 Å². The Morgan fingerprint density at radius 3 is 3.04 bits per heavy atom. The highest BCUT2D eigenvalue weighted by molar-refractivity contribution is 5.89. The van der Waals surface area contributed by atoms with Crippen LogP contribution in [0, 0.1) is 13.8 Å². The predicted octanol–water partition coefficient (Wildman–Crippen LogP) is 1.91. The Labute approximate surface area is 138 Å². The lowest BCUT2D eigenvalue weighted by molar-refractivity contribution is -0.116. The summed E-state index contributed by atoms with van der Waals surface area (Å²) in [6, 6.07) is 1.93. The molecule has 0 saturated heterocycles. The van der Waals surface area contributed by atoms with Crippen LogP contribution >= 0.6 is 0 Å². The molecule has 1 fully saturated rings. The van der Waals surface area contributed by atoms with Gasteiger partial charge in [-0.2, -0.15) is 15.2 Å². The van der Waals surface area contributed by atoms with Crippen LogP contribution in [0.1, 0.15) is 47.8 Å². The molecule has 1 saturated carbocycles. The largest absolute Gasteiger partial charge is 0.309 e. The van der Waals surface area contributed by atoms with E-state index in [1.807, 2.05) is 19.9 Å². The van der Waals surface area contributed by atoms with E-state index in [-0.39, 0.29) is 5.91 Å². The molecule has 0 radical (unpaired) electrons. The Balaban J connectivity index is 1.43. The van der Waals surface area contributed by atoms with Crippen molar-refractivity contribution in [3.8, 4) is 0 Å². The van der Waals surface area contributed by atoms with Crippen molar-refractivity contribution in [2.24, 2.45) is 0 Å². The summed E-state index contributed by atoms with van der Waals surface area (Å²) in [5, 5.41) is 14.2. The summed E-state index contributed by atoms with van der Waals surface area (Å²) in [5.41, 5.74) is 4.00. The molecule has 24 heavy (non-hydrogen) atoms. The first-order valence-corrected chi connectivity index (χ1v) is 8.13. The maximum Gasteiger partial charge on any atom is 0.252 e. The first kappa shape index (κ1) is 14.8. The van der Waals surface area contributed by atoms with E-state index < -0.39 is 0 Å².